The van der Waals surface area contributed by atoms with Gasteiger partial charge in [0.25, 0.3) is 0 Å². The molecule has 12 nitrogen and oxygen atoms in total. The molecule has 0 spiro atoms. The smallest absolute Gasteiger partial charge is 0.412 e. The number of aliphatic hydroxyl groups is 2. The van der Waals surface area contributed by atoms with Gasteiger partial charge in [-0.2, -0.15) is 0 Å². The van der Waals surface area contributed by atoms with E-state index in [0.717, 1.165) is 56.1 Å². The van der Waals surface area contributed by atoms with Crippen molar-refractivity contribution in [1.29, 1.82) is 0 Å². The minimum atomic E-state index is -1.41. The van der Waals surface area contributed by atoms with Gasteiger partial charge in [0.15, 0.2) is 0 Å². The van der Waals surface area contributed by atoms with Crippen LogP contribution in [-0.4, -0.2) is 90.5 Å². The maximum Gasteiger partial charge on any atom is 0.412 e. The third-order valence-corrected chi connectivity index (χ3v) is 12.4. The number of carbonyl (C=O) groups is 2. The van der Waals surface area contributed by atoms with E-state index < -0.39 is 35.5 Å². The summed E-state index contributed by atoms with van der Waals surface area (Å²) in [4.78, 5) is 34.8. The van der Waals surface area contributed by atoms with Crippen molar-refractivity contribution in [2.45, 2.75) is 167 Å². The highest BCUT2D eigenvalue weighted by molar-refractivity contribution is 6.03. The zero-order valence-corrected chi connectivity index (χ0v) is 38.7. The number of amides is 2. The van der Waals surface area contributed by atoms with Gasteiger partial charge in [0.2, 0.25) is 5.79 Å². The van der Waals surface area contributed by atoms with Gasteiger partial charge in [0.05, 0.1) is 24.8 Å². The van der Waals surface area contributed by atoms with E-state index in [1.807, 2.05) is 32.9 Å². The summed E-state index contributed by atoms with van der Waals surface area (Å²) in [5.41, 5.74) is 1.89. The van der Waals surface area contributed by atoms with Crippen molar-refractivity contribution >= 4 is 17.9 Å². The summed E-state index contributed by atoms with van der Waals surface area (Å²) in [5.74, 6) is -1.11. The highest BCUT2D eigenvalue weighted by Crippen LogP contribution is 2.62. The predicted molar refractivity (Wildman–Crippen MR) is 246 cm³/mol. The van der Waals surface area contributed by atoms with Crippen LogP contribution in [0.4, 0.5) is 9.59 Å². The number of unbranched alkanes of at least 4 members (excludes halogenated alkanes) is 11. The maximum absolute atomic E-state index is 13.9. The molecule has 3 N–H and O–H groups in total. The molecule has 1 fully saturated rings. The van der Waals surface area contributed by atoms with Crippen LogP contribution in [-0.2, 0) is 14.3 Å². The number of likely N-dealkylation sites (N-methyl/N-ethyl adjacent to an activating group) is 1. The van der Waals surface area contributed by atoms with Gasteiger partial charge >= 0.3 is 12.2 Å². The van der Waals surface area contributed by atoms with Gasteiger partial charge in [-0.15, -0.1) is 13.2 Å². The normalized spacial score (nSPS) is 23.3. The summed E-state index contributed by atoms with van der Waals surface area (Å²) in [7, 11) is 1.70. The number of nitrogens with one attached hydrogen (secondary N) is 1. The quantitative estimate of drug-likeness (QED) is 0.0425. The molecule has 1 aromatic carbocycles. The van der Waals surface area contributed by atoms with Crippen LogP contribution < -0.4 is 14.8 Å². The van der Waals surface area contributed by atoms with E-state index in [-0.39, 0.29) is 50.6 Å². The molecule has 12 heteroatoms. The molecule has 0 bridgehead atoms. The topological polar surface area (TPSA) is 148 Å². The molecule has 0 unspecified atom stereocenters. The van der Waals surface area contributed by atoms with Gasteiger partial charge in [-0.25, -0.2) is 9.59 Å². The molecule has 1 heterocycles. The molecule has 0 radical (unpaired) electrons. The molecule has 1 aliphatic heterocycles. The van der Waals surface area contributed by atoms with Crippen molar-refractivity contribution in [1.82, 2.24) is 10.2 Å². The molecule has 1 aromatic rings. The largest absolute Gasteiger partial charge is 0.459 e. The van der Waals surface area contributed by atoms with Crippen LogP contribution in [0.5, 0.6) is 11.5 Å². The van der Waals surface area contributed by atoms with Crippen molar-refractivity contribution in [3.8, 4) is 11.5 Å². The number of benzene rings is 1. The third kappa shape index (κ3) is 14.3. The highest BCUT2D eigenvalue weighted by atomic mass is 16.7. The Morgan fingerprint density at radius 2 is 1.63 bits per heavy atom. The number of ether oxygens (including phenoxy) is 4. The van der Waals surface area contributed by atoms with Gasteiger partial charge < -0.3 is 44.2 Å². The number of hydrogen-bond donors (Lipinski definition) is 3. The Hall–Kier alpha value is -3.87. The highest BCUT2D eigenvalue weighted by Gasteiger charge is 2.65. The predicted octanol–water partition coefficient (Wildman–Crippen LogP) is 10.8. The van der Waals surface area contributed by atoms with E-state index in [0.29, 0.717) is 43.0 Å². The summed E-state index contributed by atoms with van der Waals surface area (Å²) in [5, 5.41) is 27.5. The lowest BCUT2D eigenvalue weighted by Gasteiger charge is -2.59. The first-order valence-corrected chi connectivity index (χ1v) is 23.7. The summed E-state index contributed by atoms with van der Waals surface area (Å²) < 4.78 is 25.8. The van der Waals surface area contributed by atoms with Gasteiger partial charge in [-0.3, -0.25) is 0 Å². The molecule has 348 valence electrons. The van der Waals surface area contributed by atoms with Crippen LogP contribution in [0, 0.1) is 17.8 Å². The molecule has 1 saturated carbocycles. The number of fused-ring (bicyclic) bond motifs is 2. The Morgan fingerprint density at radius 1 is 0.952 bits per heavy atom. The molecule has 0 aromatic heterocycles. The second kappa shape index (κ2) is 26.0. The second-order valence-electron chi connectivity index (χ2n) is 18.3. The molecule has 62 heavy (non-hydrogen) atoms. The van der Waals surface area contributed by atoms with Crippen molar-refractivity contribution in [3.05, 3.63) is 60.7 Å². The lowest BCUT2D eigenvalue weighted by atomic mass is 9.55. The van der Waals surface area contributed by atoms with E-state index in [4.69, 9.17) is 28.9 Å². The van der Waals surface area contributed by atoms with Gasteiger partial charge in [0, 0.05) is 44.7 Å². The number of hydrogen-bond acceptors (Lipinski definition) is 10. The fourth-order valence-electron chi connectivity index (χ4n) is 9.39. The fourth-order valence-corrected chi connectivity index (χ4v) is 9.39. The van der Waals surface area contributed by atoms with Gasteiger partial charge in [-0.05, 0) is 94.9 Å². The zero-order chi connectivity index (χ0) is 45.0. The second-order valence-corrected chi connectivity index (χ2v) is 18.3. The number of carbonyl (C=O) groups excluding carboxylic acids is 2. The fraction of sp³-hybridized carbons (Fsp3) is 0.700. The minimum absolute atomic E-state index is 0.0251. The van der Waals surface area contributed by atoms with Crippen LogP contribution >= 0.6 is 0 Å². The third-order valence-electron chi connectivity index (χ3n) is 12.4. The molecule has 2 amide bonds. The van der Waals surface area contributed by atoms with Gasteiger partial charge in [-0.1, -0.05) is 101 Å². The molecule has 0 saturated heterocycles. The standard InChI is InChI=1S/C50H79N3O9/c1-8-11-13-14-15-16-17-18-19-22-29-51-47(56)60-38-27-28-43-41(35-38)45-39(26-21-24-31-55)37(25-20-23-30-54)34-40-42(52-62-49(4,5)6)36-44(53(7)48(57)58-33-12-9-2)50(61-43,46(40)45)59-32-10-3/h9-10,27-28,34-35,37,39,44-46,54-55H,2-3,8,11-26,29-33,36H2,1,4-7H3,(H,51,56)/t37-,39+,44-,45+,46+,50+/m0/s1. The van der Waals surface area contributed by atoms with E-state index in [1.165, 1.54) is 44.9 Å². The Labute approximate surface area is 372 Å². The average molecular weight is 866 g/mol. The molecule has 3 aliphatic rings. The zero-order valence-electron chi connectivity index (χ0n) is 38.7. The summed E-state index contributed by atoms with van der Waals surface area (Å²) in [6.07, 6.45) is 22.1. The van der Waals surface area contributed by atoms with E-state index in [1.54, 1.807) is 30.2 Å². The number of rotatable bonds is 28. The molecule has 4 rings (SSSR count). The lowest BCUT2D eigenvalue weighted by Crippen LogP contribution is -2.69. The van der Waals surface area contributed by atoms with Crippen molar-refractivity contribution in [2.24, 2.45) is 22.9 Å². The first kappa shape index (κ1) is 50.8. The molecular weight excluding hydrogens is 787 g/mol. The van der Waals surface area contributed by atoms with Crippen LogP contribution in [0.3, 0.4) is 0 Å². The Kier molecular flexibility index (Phi) is 21.3. The average Bonchev–Trinajstić information content (AvgIpc) is 3.24. The number of oxime groups is 1. The molecule has 2 aliphatic carbocycles. The Bertz CT molecular complexity index is 1620. The SMILES string of the molecule is C=CCCOC(=O)N(C)[C@H]1CC(=NOC(C)(C)C)C2=C[C@H](CCCCO)[C@@H](CCCCO)[C@@H]3c4cc(OC(=O)NCCCCCCCCCCCC)ccc4O[C@@]1(OCC=C)[C@H]23. The van der Waals surface area contributed by atoms with E-state index in [9.17, 15) is 19.8 Å². The van der Waals surface area contributed by atoms with E-state index in [2.05, 4.69) is 31.5 Å². The first-order chi connectivity index (χ1) is 29.9. The van der Waals surface area contributed by atoms with Crippen LogP contribution in [0.2, 0.25) is 0 Å². The Balaban J connectivity index is 1.75. The number of allylic oxidation sites excluding steroid dienone is 1. The lowest BCUT2D eigenvalue weighted by molar-refractivity contribution is -0.253. The maximum atomic E-state index is 13.9. The van der Waals surface area contributed by atoms with Crippen LogP contribution in [0.1, 0.15) is 155 Å². The van der Waals surface area contributed by atoms with Crippen molar-refractivity contribution in [3.63, 3.8) is 0 Å². The molecular formula is C50H79N3O9. The summed E-state index contributed by atoms with van der Waals surface area (Å²) in [6.45, 7) is 16.9. The summed E-state index contributed by atoms with van der Waals surface area (Å²) in [6, 6.07) is 4.79. The minimum Gasteiger partial charge on any atom is -0.459 e. The number of nitrogens with zero attached hydrogens (tertiary/aromatic N) is 2. The van der Waals surface area contributed by atoms with Gasteiger partial charge in [0.1, 0.15) is 23.1 Å². The van der Waals surface area contributed by atoms with Crippen molar-refractivity contribution in [2.75, 3.05) is 40.0 Å². The first-order valence-electron chi connectivity index (χ1n) is 23.7. The Morgan fingerprint density at radius 3 is 2.27 bits per heavy atom. The van der Waals surface area contributed by atoms with Crippen molar-refractivity contribution < 1.29 is 43.6 Å². The molecule has 6 atom stereocenters. The van der Waals surface area contributed by atoms with Crippen LogP contribution in [0.15, 0.2) is 60.3 Å². The number of aliphatic hydroxyl groups excluding tert-OH is 2. The van der Waals surface area contributed by atoms with Crippen LogP contribution in [0.25, 0.3) is 0 Å². The van der Waals surface area contributed by atoms with E-state index >= 15 is 0 Å². The monoisotopic (exact) mass is 866 g/mol. The summed E-state index contributed by atoms with van der Waals surface area (Å²) >= 11 is 0.